The van der Waals surface area contributed by atoms with Crippen LogP contribution in [-0.2, 0) is 0 Å². The number of unbranched alkanes of at least 4 members (excludes halogenated alkanes) is 4. The van der Waals surface area contributed by atoms with Crippen LogP contribution < -0.4 is 0 Å². The van der Waals surface area contributed by atoms with Gasteiger partial charge >= 0.3 is 0 Å². The average Bonchev–Trinajstić information content (AvgIpc) is 3.25. The van der Waals surface area contributed by atoms with E-state index in [2.05, 4.69) is 54.8 Å². The van der Waals surface area contributed by atoms with Crippen molar-refractivity contribution < 1.29 is 4.79 Å². The summed E-state index contributed by atoms with van der Waals surface area (Å²) in [6.45, 7) is 4.31. The summed E-state index contributed by atoms with van der Waals surface area (Å²) in [4.78, 5) is 18.3. The summed E-state index contributed by atoms with van der Waals surface area (Å²) >= 11 is 1.65. The number of nitrogens with zero attached hydrogens (tertiary/aromatic N) is 2. The van der Waals surface area contributed by atoms with E-state index in [-0.39, 0.29) is 5.78 Å². The molecule has 2 heterocycles. The molecule has 0 aliphatic rings. The number of benzene rings is 2. The van der Waals surface area contributed by atoms with Gasteiger partial charge in [-0.05, 0) is 37.6 Å². The van der Waals surface area contributed by atoms with E-state index in [0.29, 0.717) is 6.42 Å². The Morgan fingerprint density at radius 2 is 1.93 bits per heavy atom. The zero-order valence-electron chi connectivity index (χ0n) is 16.6. The van der Waals surface area contributed by atoms with E-state index in [1.807, 2.05) is 12.1 Å². The third-order valence-electron chi connectivity index (χ3n) is 5.24. The number of ketones is 1. The van der Waals surface area contributed by atoms with Crippen molar-refractivity contribution in [2.24, 2.45) is 0 Å². The third kappa shape index (κ3) is 3.88. The standard InChI is InChI=1S/C24H26N2OS/c1-3-4-5-6-7-11-22(27)19-12-13-21-23(15-19)28-24-25-20(16-26(21)24)18-10-8-9-17(2)14-18/h8-10,12-16H,3-7,11H2,1-2H3. The predicted molar refractivity (Wildman–Crippen MR) is 118 cm³/mol. The zero-order chi connectivity index (χ0) is 19.5. The van der Waals surface area contributed by atoms with Crippen molar-refractivity contribution in [1.82, 2.24) is 9.38 Å². The Kier molecular flexibility index (Phi) is 5.58. The Morgan fingerprint density at radius 1 is 1.07 bits per heavy atom. The second-order valence-electron chi connectivity index (χ2n) is 7.52. The van der Waals surface area contributed by atoms with Gasteiger partial charge in [0.15, 0.2) is 10.7 Å². The number of hydrogen-bond donors (Lipinski definition) is 0. The maximum absolute atomic E-state index is 12.5. The first-order chi connectivity index (χ1) is 13.7. The van der Waals surface area contributed by atoms with Crippen LogP contribution >= 0.6 is 11.3 Å². The van der Waals surface area contributed by atoms with Crippen LogP contribution in [0.15, 0.2) is 48.7 Å². The minimum atomic E-state index is 0.255. The van der Waals surface area contributed by atoms with Crippen molar-refractivity contribution in [3.05, 3.63) is 59.8 Å². The second-order valence-corrected chi connectivity index (χ2v) is 8.53. The molecule has 3 nitrogen and oxygen atoms in total. The van der Waals surface area contributed by atoms with Crippen LogP contribution in [0, 0.1) is 6.92 Å². The summed E-state index contributed by atoms with van der Waals surface area (Å²) in [5.41, 5.74) is 5.30. The molecule has 2 aromatic heterocycles. The highest BCUT2D eigenvalue weighted by Gasteiger charge is 2.13. The molecule has 28 heavy (non-hydrogen) atoms. The van der Waals surface area contributed by atoms with Crippen molar-refractivity contribution in [3.63, 3.8) is 0 Å². The smallest absolute Gasteiger partial charge is 0.195 e. The number of imidazole rings is 1. The number of carbonyl (C=O) groups excluding carboxylic acids is 1. The molecule has 0 aliphatic carbocycles. The number of fused-ring (bicyclic) bond motifs is 3. The van der Waals surface area contributed by atoms with E-state index in [0.717, 1.165) is 44.8 Å². The Balaban J connectivity index is 1.55. The maximum atomic E-state index is 12.5. The van der Waals surface area contributed by atoms with Crippen LogP contribution in [0.5, 0.6) is 0 Å². The van der Waals surface area contributed by atoms with E-state index >= 15 is 0 Å². The van der Waals surface area contributed by atoms with Gasteiger partial charge in [0.2, 0.25) is 0 Å². The van der Waals surface area contributed by atoms with Gasteiger partial charge in [0.05, 0.1) is 15.9 Å². The van der Waals surface area contributed by atoms with Gasteiger partial charge in [0, 0.05) is 23.7 Å². The summed E-state index contributed by atoms with van der Waals surface area (Å²) in [6, 6.07) is 14.5. The van der Waals surface area contributed by atoms with Gasteiger partial charge < -0.3 is 0 Å². The van der Waals surface area contributed by atoms with Crippen LogP contribution in [0.25, 0.3) is 26.4 Å². The minimum absolute atomic E-state index is 0.255. The van der Waals surface area contributed by atoms with E-state index in [1.165, 1.54) is 24.8 Å². The number of hydrogen-bond acceptors (Lipinski definition) is 3. The Labute approximate surface area is 170 Å². The van der Waals surface area contributed by atoms with E-state index < -0.39 is 0 Å². The molecular weight excluding hydrogens is 364 g/mol. The lowest BCUT2D eigenvalue weighted by atomic mass is 10.0. The first-order valence-electron chi connectivity index (χ1n) is 10.2. The molecule has 4 aromatic rings. The molecule has 0 spiro atoms. The van der Waals surface area contributed by atoms with E-state index in [1.54, 1.807) is 11.3 Å². The first-order valence-corrected chi connectivity index (χ1v) is 11.0. The molecular formula is C24H26N2OS. The molecule has 0 unspecified atom stereocenters. The molecule has 0 radical (unpaired) electrons. The van der Waals surface area contributed by atoms with Crippen molar-refractivity contribution in [1.29, 1.82) is 0 Å². The molecule has 0 aliphatic heterocycles. The fourth-order valence-electron chi connectivity index (χ4n) is 3.65. The molecule has 0 fully saturated rings. The van der Waals surface area contributed by atoms with Crippen LogP contribution in [0.4, 0.5) is 0 Å². The average molecular weight is 391 g/mol. The number of carbonyl (C=O) groups is 1. The van der Waals surface area contributed by atoms with Crippen molar-refractivity contribution in [2.75, 3.05) is 0 Å². The van der Waals surface area contributed by atoms with Crippen LogP contribution in [0.3, 0.4) is 0 Å². The number of Topliss-reactive ketones (excluding diaryl/α,β-unsaturated/α-hetero) is 1. The maximum Gasteiger partial charge on any atom is 0.195 e. The first kappa shape index (κ1) is 18.9. The normalized spacial score (nSPS) is 11.5. The van der Waals surface area contributed by atoms with Gasteiger partial charge in [-0.1, -0.05) is 67.7 Å². The van der Waals surface area contributed by atoms with Crippen molar-refractivity contribution in [2.45, 2.75) is 52.4 Å². The zero-order valence-corrected chi connectivity index (χ0v) is 17.4. The van der Waals surface area contributed by atoms with Gasteiger partial charge in [-0.3, -0.25) is 9.20 Å². The number of aromatic nitrogens is 2. The molecule has 0 saturated carbocycles. The second kappa shape index (κ2) is 8.27. The SMILES string of the molecule is CCCCCCCC(=O)c1ccc2c(c1)sc1nc(-c3cccc(C)c3)cn12. The lowest BCUT2D eigenvalue weighted by Crippen LogP contribution is -1.98. The molecule has 144 valence electrons. The van der Waals surface area contributed by atoms with Gasteiger partial charge in [-0.15, -0.1) is 0 Å². The summed E-state index contributed by atoms with van der Waals surface area (Å²) in [5, 5.41) is 0. The summed E-state index contributed by atoms with van der Waals surface area (Å²) in [5.74, 6) is 0.255. The molecule has 0 saturated heterocycles. The monoisotopic (exact) mass is 390 g/mol. The summed E-state index contributed by atoms with van der Waals surface area (Å²) in [7, 11) is 0. The van der Waals surface area contributed by atoms with Gasteiger partial charge in [0.25, 0.3) is 0 Å². The Bertz CT molecular complexity index is 1120. The highest BCUT2D eigenvalue weighted by Crippen LogP contribution is 2.30. The third-order valence-corrected chi connectivity index (χ3v) is 6.25. The quantitative estimate of drug-likeness (QED) is 0.238. The Morgan fingerprint density at radius 3 is 2.75 bits per heavy atom. The van der Waals surface area contributed by atoms with Gasteiger partial charge in [0.1, 0.15) is 0 Å². The largest absolute Gasteiger partial charge is 0.294 e. The van der Waals surface area contributed by atoms with Crippen LogP contribution in [0.2, 0.25) is 0 Å². The highest BCUT2D eigenvalue weighted by molar-refractivity contribution is 7.23. The number of rotatable bonds is 8. The molecule has 0 atom stereocenters. The summed E-state index contributed by atoms with van der Waals surface area (Å²) in [6.07, 6.45) is 8.61. The highest BCUT2D eigenvalue weighted by atomic mass is 32.1. The lowest BCUT2D eigenvalue weighted by molar-refractivity contribution is 0.0979. The lowest BCUT2D eigenvalue weighted by Gasteiger charge is -2.02. The van der Waals surface area contributed by atoms with Crippen LogP contribution in [0.1, 0.15) is 61.4 Å². The fourth-order valence-corrected chi connectivity index (χ4v) is 4.70. The van der Waals surface area contributed by atoms with Gasteiger partial charge in [-0.25, -0.2) is 4.98 Å². The topological polar surface area (TPSA) is 34.4 Å². The Hall–Kier alpha value is -2.46. The van der Waals surface area contributed by atoms with Crippen molar-refractivity contribution >= 4 is 32.3 Å². The molecule has 0 N–H and O–H groups in total. The molecule has 4 rings (SSSR count). The number of aryl methyl sites for hydroxylation is 1. The molecule has 4 heteroatoms. The van der Waals surface area contributed by atoms with E-state index in [4.69, 9.17) is 4.98 Å². The molecule has 0 bridgehead atoms. The minimum Gasteiger partial charge on any atom is -0.294 e. The van der Waals surface area contributed by atoms with Gasteiger partial charge in [-0.2, -0.15) is 0 Å². The molecule has 2 aromatic carbocycles. The van der Waals surface area contributed by atoms with Crippen molar-refractivity contribution in [3.8, 4) is 11.3 Å². The molecule has 0 amide bonds. The fraction of sp³-hybridized carbons (Fsp3) is 0.333. The predicted octanol–water partition coefficient (Wildman–Crippen LogP) is 7.07. The summed E-state index contributed by atoms with van der Waals surface area (Å²) < 4.78 is 3.26. The van der Waals surface area contributed by atoms with E-state index in [9.17, 15) is 4.79 Å². The number of thiazole rings is 1. The van der Waals surface area contributed by atoms with Crippen LogP contribution in [-0.4, -0.2) is 15.2 Å².